The van der Waals surface area contributed by atoms with Crippen LogP contribution in [-0.2, 0) is 0 Å². The van der Waals surface area contributed by atoms with Crippen molar-refractivity contribution in [1.82, 2.24) is 9.97 Å². The lowest BCUT2D eigenvalue weighted by Gasteiger charge is -2.06. The number of nitrogens with two attached hydrogens (primary N) is 1. The van der Waals surface area contributed by atoms with Crippen molar-refractivity contribution in [3.63, 3.8) is 0 Å². The van der Waals surface area contributed by atoms with Crippen LogP contribution < -0.4 is 5.73 Å². The molecule has 1 heterocycles. The van der Waals surface area contributed by atoms with Crippen LogP contribution in [0, 0.1) is 12.7 Å². The third kappa shape index (κ3) is 1.97. The molecule has 2 N–H and O–H groups in total. The standard InChI is InChI=1S/C11H9ClFN3/c1-6-4-7(8(12)5-9(6)13)10-2-3-15-11(14)16-10/h2-5H,1H3,(H2,14,15,16). The molecule has 1 aromatic heterocycles. The quantitative estimate of drug-likeness (QED) is 0.830. The van der Waals surface area contributed by atoms with Gasteiger partial charge in [-0.3, -0.25) is 0 Å². The molecular formula is C11H9ClFN3. The van der Waals surface area contributed by atoms with Gasteiger partial charge in [-0.1, -0.05) is 11.6 Å². The number of halogens is 2. The van der Waals surface area contributed by atoms with Gasteiger partial charge in [0.15, 0.2) is 0 Å². The van der Waals surface area contributed by atoms with Gasteiger partial charge < -0.3 is 5.73 Å². The molecule has 3 nitrogen and oxygen atoms in total. The highest BCUT2D eigenvalue weighted by Crippen LogP contribution is 2.28. The second-order valence-corrected chi connectivity index (χ2v) is 3.79. The van der Waals surface area contributed by atoms with Crippen LogP contribution in [0.3, 0.4) is 0 Å². The summed E-state index contributed by atoms with van der Waals surface area (Å²) in [6, 6.07) is 4.58. The normalized spacial score (nSPS) is 10.4. The first-order valence-electron chi connectivity index (χ1n) is 4.62. The molecular weight excluding hydrogens is 229 g/mol. The van der Waals surface area contributed by atoms with Crippen LogP contribution in [0.2, 0.25) is 5.02 Å². The van der Waals surface area contributed by atoms with Crippen molar-refractivity contribution < 1.29 is 4.39 Å². The third-order valence-electron chi connectivity index (χ3n) is 2.20. The SMILES string of the molecule is Cc1cc(-c2ccnc(N)n2)c(Cl)cc1F. The summed E-state index contributed by atoms with van der Waals surface area (Å²) >= 11 is 5.95. The molecule has 0 atom stereocenters. The topological polar surface area (TPSA) is 51.8 Å². The van der Waals surface area contributed by atoms with E-state index in [4.69, 9.17) is 17.3 Å². The van der Waals surface area contributed by atoms with Crippen molar-refractivity contribution in [3.05, 3.63) is 40.8 Å². The smallest absolute Gasteiger partial charge is 0.220 e. The molecule has 0 saturated carbocycles. The summed E-state index contributed by atoms with van der Waals surface area (Å²) in [4.78, 5) is 7.82. The Bertz CT molecular complexity index is 543. The van der Waals surface area contributed by atoms with E-state index >= 15 is 0 Å². The summed E-state index contributed by atoms with van der Waals surface area (Å²) in [5.74, 6) is -0.175. The number of anilines is 1. The summed E-state index contributed by atoms with van der Waals surface area (Å²) in [7, 11) is 0. The van der Waals surface area contributed by atoms with E-state index in [1.165, 1.54) is 12.3 Å². The number of nitrogens with zero attached hydrogens (tertiary/aromatic N) is 2. The van der Waals surface area contributed by atoms with Gasteiger partial charge in [0.25, 0.3) is 0 Å². The minimum atomic E-state index is -0.337. The van der Waals surface area contributed by atoms with Crippen LogP contribution in [-0.4, -0.2) is 9.97 Å². The van der Waals surface area contributed by atoms with Crippen LogP contribution in [0.15, 0.2) is 24.4 Å². The summed E-state index contributed by atoms with van der Waals surface area (Å²) in [6.07, 6.45) is 1.53. The maximum absolute atomic E-state index is 13.2. The number of rotatable bonds is 1. The van der Waals surface area contributed by atoms with Crippen LogP contribution in [0.5, 0.6) is 0 Å². The Morgan fingerprint density at radius 1 is 1.38 bits per heavy atom. The molecule has 0 aliphatic heterocycles. The lowest BCUT2D eigenvalue weighted by atomic mass is 10.1. The Morgan fingerprint density at radius 2 is 2.12 bits per heavy atom. The Hall–Kier alpha value is -1.68. The van der Waals surface area contributed by atoms with Crippen molar-refractivity contribution in [2.75, 3.05) is 5.73 Å². The Kier molecular flexibility index (Phi) is 2.75. The molecule has 0 unspecified atom stereocenters. The fourth-order valence-corrected chi connectivity index (χ4v) is 1.62. The summed E-state index contributed by atoms with van der Waals surface area (Å²) in [5, 5.41) is 0.307. The first-order chi connectivity index (χ1) is 7.58. The zero-order chi connectivity index (χ0) is 11.7. The molecule has 16 heavy (non-hydrogen) atoms. The monoisotopic (exact) mass is 237 g/mol. The molecule has 0 amide bonds. The zero-order valence-corrected chi connectivity index (χ0v) is 9.29. The van der Waals surface area contributed by atoms with E-state index in [-0.39, 0.29) is 11.8 Å². The number of nitrogen functional groups attached to an aromatic ring is 1. The summed E-state index contributed by atoms with van der Waals surface area (Å²) in [6.45, 7) is 1.67. The van der Waals surface area contributed by atoms with E-state index in [1.54, 1.807) is 19.1 Å². The van der Waals surface area contributed by atoms with Gasteiger partial charge in [-0.15, -0.1) is 0 Å². The van der Waals surface area contributed by atoms with Crippen molar-refractivity contribution in [2.45, 2.75) is 6.92 Å². The van der Waals surface area contributed by atoms with E-state index in [2.05, 4.69) is 9.97 Å². The summed E-state index contributed by atoms with van der Waals surface area (Å²) in [5.41, 5.74) is 7.22. The lowest BCUT2D eigenvalue weighted by molar-refractivity contribution is 0.619. The van der Waals surface area contributed by atoms with Gasteiger partial charge in [0.1, 0.15) is 5.82 Å². The van der Waals surface area contributed by atoms with Crippen LogP contribution in [0.25, 0.3) is 11.3 Å². The first kappa shape index (κ1) is 10.8. The molecule has 0 bridgehead atoms. The molecule has 5 heteroatoms. The van der Waals surface area contributed by atoms with E-state index in [0.29, 0.717) is 21.8 Å². The highest BCUT2D eigenvalue weighted by atomic mass is 35.5. The Balaban J connectivity index is 2.60. The molecule has 2 rings (SSSR count). The Morgan fingerprint density at radius 3 is 2.81 bits per heavy atom. The van der Waals surface area contributed by atoms with Gasteiger partial charge in [-0.2, -0.15) is 0 Å². The van der Waals surface area contributed by atoms with Gasteiger partial charge in [0.2, 0.25) is 5.95 Å². The molecule has 1 aromatic carbocycles. The molecule has 82 valence electrons. The number of aryl methyl sites for hydroxylation is 1. The minimum absolute atomic E-state index is 0.163. The van der Waals surface area contributed by atoms with Crippen LogP contribution >= 0.6 is 11.6 Å². The third-order valence-corrected chi connectivity index (χ3v) is 2.51. The number of hydrogen-bond donors (Lipinski definition) is 1. The molecule has 0 aliphatic rings. The molecule has 0 aliphatic carbocycles. The molecule has 0 spiro atoms. The zero-order valence-electron chi connectivity index (χ0n) is 8.54. The second-order valence-electron chi connectivity index (χ2n) is 3.38. The largest absolute Gasteiger partial charge is 0.368 e. The predicted octanol–water partition coefficient (Wildman–Crippen LogP) is 2.83. The van der Waals surface area contributed by atoms with Crippen molar-refractivity contribution in [3.8, 4) is 11.3 Å². The van der Waals surface area contributed by atoms with Gasteiger partial charge in [-0.25, -0.2) is 14.4 Å². The van der Waals surface area contributed by atoms with Crippen LogP contribution in [0.1, 0.15) is 5.56 Å². The lowest BCUT2D eigenvalue weighted by Crippen LogP contribution is -1.96. The van der Waals surface area contributed by atoms with Gasteiger partial charge in [-0.05, 0) is 30.7 Å². The van der Waals surface area contributed by atoms with Gasteiger partial charge in [0, 0.05) is 11.8 Å². The number of aromatic nitrogens is 2. The molecule has 0 saturated heterocycles. The minimum Gasteiger partial charge on any atom is -0.368 e. The van der Waals surface area contributed by atoms with Gasteiger partial charge in [0.05, 0.1) is 10.7 Å². The number of benzene rings is 1. The Labute approximate surface area is 97.1 Å². The molecule has 0 fully saturated rings. The fraction of sp³-hybridized carbons (Fsp3) is 0.0909. The highest BCUT2D eigenvalue weighted by molar-refractivity contribution is 6.33. The average molecular weight is 238 g/mol. The number of hydrogen-bond acceptors (Lipinski definition) is 3. The van der Waals surface area contributed by atoms with E-state index in [0.717, 1.165) is 0 Å². The molecule has 2 aromatic rings. The highest BCUT2D eigenvalue weighted by Gasteiger charge is 2.09. The van der Waals surface area contributed by atoms with Crippen molar-refractivity contribution in [2.24, 2.45) is 0 Å². The predicted molar refractivity (Wildman–Crippen MR) is 61.6 cm³/mol. The fourth-order valence-electron chi connectivity index (χ4n) is 1.38. The van der Waals surface area contributed by atoms with Crippen molar-refractivity contribution in [1.29, 1.82) is 0 Å². The molecule has 0 radical (unpaired) electrons. The first-order valence-corrected chi connectivity index (χ1v) is 5.00. The van der Waals surface area contributed by atoms with Crippen LogP contribution in [0.4, 0.5) is 10.3 Å². The van der Waals surface area contributed by atoms with E-state index < -0.39 is 0 Å². The maximum atomic E-state index is 13.2. The second kappa shape index (κ2) is 4.06. The van der Waals surface area contributed by atoms with E-state index in [1.807, 2.05) is 0 Å². The van der Waals surface area contributed by atoms with Gasteiger partial charge >= 0.3 is 0 Å². The maximum Gasteiger partial charge on any atom is 0.220 e. The van der Waals surface area contributed by atoms with E-state index in [9.17, 15) is 4.39 Å². The average Bonchev–Trinajstić information content (AvgIpc) is 2.23. The summed E-state index contributed by atoms with van der Waals surface area (Å²) < 4.78 is 13.2. The van der Waals surface area contributed by atoms with Crippen molar-refractivity contribution >= 4 is 17.5 Å².